The van der Waals surface area contributed by atoms with Gasteiger partial charge in [-0.15, -0.1) is 0 Å². The van der Waals surface area contributed by atoms with E-state index in [9.17, 15) is 14.7 Å². The predicted octanol–water partition coefficient (Wildman–Crippen LogP) is 2.50. The van der Waals surface area contributed by atoms with Gasteiger partial charge in [-0.2, -0.15) is 4.99 Å². The second-order valence-electron chi connectivity index (χ2n) is 4.30. The first kappa shape index (κ1) is 16.8. The normalized spacial score (nSPS) is 15.9. The summed E-state index contributed by atoms with van der Waals surface area (Å²) in [6, 6.07) is 3.38. The number of hydrogen-bond donors (Lipinski definition) is 2. The SMILES string of the molecule is CCOc1cc(/C=C2\SC(NC(C)=O)=NC2=O)cc(I)c1O. The van der Waals surface area contributed by atoms with Crippen LogP contribution in [0.25, 0.3) is 6.08 Å². The highest BCUT2D eigenvalue weighted by Crippen LogP contribution is 2.35. The van der Waals surface area contributed by atoms with Gasteiger partial charge in [0.15, 0.2) is 16.7 Å². The molecule has 1 aliphatic rings. The summed E-state index contributed by atoms with van der Waals surface area (Å²) in [7, 11) is 0. The Morgan fingerprint density at radius 1 is 1.55 bits per heavy atom. The molecule has 0 unspecified atom stereocenters. The Kier molecular flexibility index (Phi) is 5.46. The molecule has 6 nitrogen and oxygen atoms in total. The molecular formula is C14H13IN2O4S. The fraction of sp³-hybridized carbons (Fsp3) is 0.214. The van der Waals surface area contributed by atoms with Crippen LogP contribution in [0.2, 0.25) is 0 Å². The number of hydrogen-bond acceptors (Lipinski definition) is 5. The molecule has 1 aliphatic heterocycles. The van der Waals surface area contributed by atoms with Crippen LogP contribution in [0.3, 0.4) is 0 Å². The highest BCUT2D eigenvalue weighted by Gasteiger charge is 2.22. The molecule has 8 heteroatoms. The van der Waals surface area contributed by atoms with Crippen LogP contribution in [0.5, 0.6) is 11.5 Å². The van der Waals surface area contributed by atoms with E-state index in [1.54, 1.807) is 18.2 Å². The van der Waals surface area contributed by atoms with Gasteiger partial charge in [0.05, 0.1) is 15.1 Å². The zero-order valence-corrected chi connectivity index (χ0v) is 14.8. The summed E-state index contributed by atoms with van der Waals surface area (Å²) in [6.07, 6.45) is 1.65. The molecule has 22 heavy (non-hydrogen) atoms. The number of rotatable bonds is 3. The number of halogens is 1. The summed E-state index contributed by atoms with van der Waals surface area (Å²) in [5.41, 5.74) is 0.709. The lowest BCUT2D eigenvalue weighted by Gasteiger charge is -2.08. The maximum Gasteiger partial charge on any atom is 0.286 e. The number of carbonyl (C=O) groups is 2. The second-order valence-corrected chi connectivity index (χ2v) is 6.49. The van der Waals surface area contributed by atoms with Crippen molar-refractivity contribution in [3.8, 4) is 11.5 Å². The second kappa shape index (κ2) is 7.14. The molecule has 2 N–H and O–H groups in total. The van der Waals surface area contributed by atoms with E-state index in [0.29, 0.717) is 26.4 Å². The number of aliphatic imine (C=N–C) groups is 1. The lowest BCUT2D eigenvalue weighted by Crippen LogP contribution is -2.23. The molecule has 0 bridgehead atoms. The van der Waals surface area contributed by atoms with Crippen molar-refractivity contribution in [2.45, 2.75) is 13.8 Å². The number of thioether (sulfide) groups is 1. The van der Waals surface area contributed by atoms with Gasteiger partial charge in [0.1, 0.15) is 0 Å². The average Bonchev–Trinajstić information content (AvgIpc) is 2.75. The molecule has 0 saturated carbocycles. The van der Waals surface area contributed by atoms with Gasteiger partial charge in [-0.05, 0) is 65.0 Å². The summed E-state index contributed by atoms with van der Waals surface area (Å²) < 4.78 is 5.98. The summed E-state index contributed by atoms with van der Waals surface area (Å²) in [5.74, 6) is -0.252. The minimum Gasteiger partial charge on any atom is -0.504 e. The highest BCUT2D eigenvalue weighted by atomic mass is 127. The molecular weight excluding hydrogens is 419 g/mol. The molecule has 1 aromatic rings. The van der Waals surface area contributed by atoms with E-state index < -0.39 is 5.91 Å². The third-order valence-electron chi connectivity index (χ3n) is 2.55. The van der Waals surface area contributed by atoms with E-state index in [4.69, 9.17) is 4.74 Å². The number of amidine groups is 1. The molecule has 0 aliphatic carbocycles. The first-order valence-electron chi connectivity index (χ1n) is 6.36. The minimum absolute atomic E-state index is 0.0742. The molecule has 1 aromatic carbocycles. The van der Waals surface area contributed by atoms with Gasteiger partial charge in [-0.25, -0.2) is 0 Å². The van der Waals surface area contributed by atoms with Crippen molar-refractivity contribution in [2.24, 2.45) is 4.99 Å². The van der Waals surface area contributed by atoms with Crippen molar-refractivity contribution in [3.63, 3.8) is 0 Å². The Hall–Kier alpha value is -1.55. The monoisotopic (exact) mass is 432 g/mol. The zero-order valence-electron chi connectivity index (χ0n) is 11.8. The maximum atomic E-state index is 11.8. The smallest absolute Gasteiger partial charge is 0.286 e. The maximum absolute atomic E-state index is 11.8. The average molecular weight is 432 g/mol. The molecule has 0 aromatic heterocycles. The summed E-state index contributed by atoms with van der Waals surface area (Å²) in [6.45, 7) is 3.60. The summed E-state index contributed by atoms with van der Waals surface area (Å²) in [4.78, 5) is 27.0. The van der Waals surface area contributed by atoms with Gasteiger partial charge >= 0.3 is 0 Å². The quantitative estimate of drug-likeness (QED) is 0.566. The molecule has 0 saturated heterocycles. The number of nitrogens with zero attached hydrogens (tertiary/aromatic N) is 1. The standard InChI is InChI=1S/C14H13IN2O4S/c1-3-21-10-5-8(4-9(15)12(10)19)6-11-13(20)17-14(22-11)16-7(2)18/h4-6,19H,3H2,1-2H3,(H,16,17,18,20)/b11-6-. The van der Waals surface area contributed by atoms with Crippen LogP contribution < -0.4 is 10.1 Å². The van der Waals surface area contributed by atoms with Crippen LogP contribution in [-0.2, 0) is 9.59 Å². The molecule has 2 rings (SSSR count). The number of phenolic OH excluding ortho intramolecular Hbond substituents is 1. The van der Waals surface area contributed by atoms with Crippen LogP contribution in [0.1, 0.15) is 19.4 Å². The molecule has 0 atom stereocenters. The van der Waals surface area contributed by atoms with Gasteiger partial charge in [0.25, 0.3) is 5.91 Å². The minimum atomic E-state index is -0.408. The Bertz CT molecular complexity index is 700. The van der Waals surface area contributed by atoms with Crippen molar-refractivity contribution < 1.29 is 19.4 Å². The zero-order chi connectivity index (χ0) is 16.3. The summed E-state index contributed by atoms with van der Waals surface area (Å²) in [5, 5.41) is 12.7. The van der Waals surface area contributed by atoms with Crippen molar-refractivity contribution in [3.05, 3.63) is 26.2 Å². The first-order valence-corrected chi connectivity index (χ1v) is 8.25. The molecule has 0 radical (unpaired) electrons. The van der Waals surface area contributed by atoms with E-state index in [1.165, 1.54) is 6.92 Å². The fourth-order valence-electron chi connectivity index (χ4n) is 1.71. The van der Waals surface area contributed by atoms with E-state index in [-0.39, 0.29) is 16.8 Å². The molecule has 1 heterocycles. The topological polar surface area (TPSA) is 88.0 Å². The van der Waals surface area contributed by atoms with Gasteiger partial charge in [0, 0.05) is 6.92 Å². The number of benzene rings is 1. The largest absolute Gasteiger partial charge is 0.504 e. The van der Waals surface area contributed by atoms with Crippen LogP contribution in [0.4, 0.5) is 0 Å². The van der Waals surface area contributed by atoms with Gasteiger partial charge in [-0.3, -0.25) is 9.59 Å². The number of aromatic hydroxyl groups is 1. The summed E-state index contributed by atoms with van der Waals surface area (Å²) >= 11 is 3.09. The third kappa shape index (κ3) is 4.01. The van der Waals surface area contributed by atoms with Crippen molar-refractivity contribution in [2.75, 3.05) is 6.61 Å². The molecule has 0 fully saturated rings. The van der Waals surface area contributed by atoms with Crippen LogP contribution in [0.15, 0.2) is 22.0 Å². The lowest BCUT2D eigenvalue weighted by atomic mass is 10.2. The van der Waals surface area contributed by atoms with Gasteiger partial charge < -0.3 is 15.2 Å². The Morgan fingerprint density at radius 3 is 2.91 bits per heavy atom. The van der Waals surface area contributed by atoms with E-state index in [1.807, 2.05) is 29.5 Å². The molecule has 0 spiro atoms. The predicted molar refractivity (Wildman–Crippen MR) is 93.8 cm³/mol. The van der Waals surface area contributed by atoms with Crippen molar-refractivity contribution in [1.82, 2.24) is 5.32 Å². The highest BCUT2D eigenvalue weighted by molar-refractivity contribution is 14.1. The van der Waals surface area contributed by atoms with E-state index >= 15 is 0 Å². The van der Waals surface area contributed by atoms with Crippen LogP contribution in [-0.4, -0.2) is 28.7 Å². The Balaban J connectivity index is 2.27. The number of carbonyl (C=O) groups excluding carboxylic acids is 2. The number of phenols is 1. The van der Waals surface area contributed by atoms with Crippen LogP contribution in [0, 0.1) is 3.57 Å². The van der Waals surface area contributed by atoms with E-state index in [0.717, 1.165) is 11.8 Å². The van der Waals surface area contributed by atoms with Gasteiger partial charge in [0.2, 0.25) is 5.91 Å². The Labute approximate surface area is 145 Å². The van der Waals surface area contributed by atoms with Gasteiger partial charge in [-0.1, -0.05) is 0 Å². The first-order chi connectivity index (χ1) is 10.4. The van der Waals surface area contributed by atoms with Crippen molar-refractivity contribution in [1.29, 1.82) is 0 Å². The lowest BCUT2D eigenvalue weighted by molar-refractivity contribution is -0.117. The molecule has 116 valence electrons. The number of nitrogens with one attached hydrogen (secondary N) is 1. The molecule has 2 amide bonds. The van der Waals surface area contributed by atoms with E-state index in [2.05, 4.69) is 10.3 Å². The number of amides is 2. The fourth-order valence-corrected chi connectivity index (χ4v) is 3.19. The number of ether oxygens (including phenoxy) is 1. The Morgan fingerprint density at radius 2 is 2.27 bits per heavy atom. The van der Waals surface area contributed by atoms with Crippen LogP contribution >= 0.6 is 34.4 Å². The third-order valence-corrected chi connectivity index (χ3v) is 4.27. The van der Waals surface area contributed by atoms with Crippen molar-refractivity contribution >= 4 is 57.4 Å².